The molecule has 176 valence electrons. The Hall–Kier alpha value is -3.17. The molecule has 1 aliphatic heterocycles. The van der Waals surface area contributed by atoms with E-state index in [1.807, 2.05) is 36.2 Å². The van der Waals surface area contributed by atoms with Crippen molar-refractivity contribution < 1.29 is 23.7 Å². The second-order valence-electron chi connectivity index (χ2n) is 8.76. The van der Waals surface area contributed by atoms with Gasteiger partial charge in [0.25, 0.3) is 0 Å². The van der Waals surface area contributed by atoms with Crippen LogP contribution >= 0.6 is 0 Å². The lowest BCUT2D eigenvalue weighted by Gasteiger charge is -2.26. The zero-order valence-corrected chi connectivity index (χ0v) is 21.2. The van der Waals surface area contributed by atoms with Crippen LogP contribution in [0.5, 0.6) is 11.5 Å². The Morgan fingerprint density at radius 3 is 2.61 bits per heavy atom. The number of fused-ring (bicyclic) bond motifs is 1. The van der Waals surface area contributed by atoms with Gasteiger partial charge in [-0.25, -0.2) is 9.78 Å². The third-order valence-corrected chi connectivity index (χ3v) is 8.13. The molecule has 3 rings (SSSR count). The fraction of sp³-hybridized carbons (Fsp3) is 0.375. The number of pyridine rings is 1. The summed E-state index contributed by atoms with van der Waals surface area (Å²) in [7, 11) is 1.44. The zero-order valence-electron chi connectivity index (χ0n) is 20.2. The number of aliphatic imine (C=N–C) groups is 1. The summed E-state index contributed by atoms with van der Waals surface area (Å²) in [5, 5.41) is 0.688. The number of carbonyl (C=O) groups is 1. The highest BCUT2D eigenvalue weighted by atomic mass is 28.3. The first-order valence-corrected chi connectivity index (χ1v) is 14.2. The van der Waals surface area contributed by atoms with E-state index in [-0.39, 0.29) is 18.2 Å². The number of nitrogens with zero attached hydrogens (tertiary/aromatic N) is 3. The number of allylic oxidation sites excluding steroid dienone is 2. The maximum Gasteiger partial charge on any atom is 0.356 e. The largest absolute Gasteiger partial charge is 0.497 e. The molecule has 0 N–H and O–H groups in total. The van der Waals surface area contributed by atoms with Crippen molar-refractivity contribution in [1.82, 2.24) is 4.98 Å². The number of hydrogen-bond acceptors (Lipinski definition) is 8. The molecule has 0 amide bonds. The Morgan fingerprint density at radius 1 is 1.18 bits per heavy atom. The molecule has 1 aliphatic rings. The molecule has 1 aromatic heterocycles. The minimum atomic E-state index is -1.49. The highest BCUT2D eigenvalue weighted by molar-refractivity contribution is 6.77. The van der Waals surface area contributed by atoms with Crippen LogP contribution in [0.15, 0.2) is 47.4 Å². The van der Waals surface area contributed by atoms with E-state index in [0.29, 0.717) is 28.1 Å². The fourth-order valence-electron chi connectivity index (χ4n) is 3.11. The first-order chi connectivity index (χ1) is 15.7. The van der Waals surface area contributed by atoms with Crippen molar-refractivity contribution in [2.75, 3.05) is 25.9 Å². The van der Waals surface area contributed by atoms with Crippen LogP contribution in [0.2, 0.25) is 19.6 Å². The van der Waals surface area contributed by atoms with Gasteiger partial charge in [-0.2, -0.15) is 0 Å². The van der Waals surface area contributed by atoms with Gasteiger partial charge in [0.05, 0.1) is 33.5 Å². The van der Waals surface area contributed by atoms with Crippen molar-refractivity contribution in [1.29, 1.82) is 0 Å². The zero-order chi connectivity index (χ0) is 24.2. The Labute approximate surface area is 195 Å². The van der Waals surface area contributed by atoms with E-state index < -0.39 is 14.0 Å². The lowest BCUT2D eigenvalue weighted by molar-refractivity contribution is 0.000976. The van der Waals surface area contributed by atoms with Crippen molar-refractivity contribution in [2.45, 2.75) is 39.2 Å². The first-order valence-electron chi connectivity index (χ1n) is 10.7. The highest BCUT2D eigenvalue weighted by Crippen LogP contribution is 2.38. The smallest absolute Gasteiger partial charge is 0.356 e. The molecule has 2 aromatic rings. The SMILES string of the molecule is COC(=O)c1cc(OCOC(C)[Si](C)(C)C)c2cc(OC)cc(N3C=CC=NC=C3C)c2n1. The van der Waals surface area contributed by atoms with Crippen LogP contribution in [0.1, 0.15) is 24.3 Å². The van der Waals surface area contributed by atoms with Gasteiger partial charge >= 0.3 is 5.97 Å². The molecule has 0 spiro atoms. The Kier molecular flexibility index (Phi) is 7.55. The summed E-state index contributed by atoms with van der Waals surface area (Å²) < 4.78 is 22.5. The van der Waals surface area contributed by atoms with Gasteiger partial charge in [-0.05, 0) is 26.0 Å². The van der Waals surface area contributed by atoms with Gasteiger partial charge in [0, 0.05) is 47.6 Å². The van der Waals surface area contributed by atoms with Crippen LogP contribution in [0.3, 0.4) is 0 Å². The van der Waals surface area contributed by atoms with Gasteiger partial charge in [0.2, 0.25) is 0 Å². The van der Waals surface area contributed by atoms with Crippen LogP contribution in [0.25, 0.3) is 10.9 Å². The number of anilines is 1. The number of carbonyl (C=O) groups excluding carboxylic acids is 1. The van der Waals surface area contributed by atoms with Crippen LogP contribution in [-0.4, -0.2) is 52.0 Å². The van der Waals surface area contributed by atoms with Gasteiger partial charge in [0.1, 0.15) is 11.5 Å². The predicted octanol–water partition coefficient (Wildman–Crippen LogP) is 4.91. The monoisotopic (exact) mass is 469 g/mol. The molecule has 0 bridgehead atoms. The van der Waals surface area contributed by atoms with E-state index in [1.165, 1.54) is 7.11 Å². The molecule has 2 heterocycles. The van der Waals surface area contributed by atoms with E-state index >= 15 is 0 Å². The Morgan fingerprint density at radius 2 is 1.94 bits per heavy atom. The van der Waals surface area contributed by atoms with Crippen molar-refractivity contribution in [2.24, 2.45) is 4.99 Å². The Balaban J connectivity index is 2.14. The Bertz CT molecular complexity index is 1120. The minimum absolute atomic E-state index is 0.0497. The minimum Gasteiger partial charge on any atom is -0.497 e. The molecule has 0 aliphatic carbocycles. The molecule has 0 fully saturated rings. The molecule has 1 unspecified atom stereocenters. The van der Waals surface area contributed by atoms with Crippen LogP contribution in [0, 0.1) is 0 Å². The fourth-order valence-corrected chi connectivity index (χ4v) is 3.68. The highest BCUT2D eigenvalue weighted by Gasteiger charge is 2.24. The summed E-state index contributed by atoms with van der Waals surface area (Å²) in [6, 6.07) is 5.27. The molecule has 1 atom stereocenters. The van der Waals surface area contributed by atoms with Crippen molar-refractivity contribution in [3.63, 3.8) is 0 Å². The van der Waals surface area contributed by atoms with Crippen LogP contribution in [-0.2, 0) is 9.47 Å². The molecule has 0 saturated heterocycles. The number of rotatable bonds is 8. The lowest BCUT2D eigenvalue weighted by atomic mass is 10.1. The summed E-state index contributed by atoms with van der Waals surface area (Å²) in [6.45, 7) is 10.8. The molecule has 9 heteroatoms. The number of benzene rings is 1. The standard InChI is InChI=1S/C24H31N3O5Si/c1-16-14-25-9-8-10-27(16)21-12-18(29-3)11-19-22(32-15-31-17(2)33(5,6)7)13-20(24(28)30-4)26-23(19)21/h8-14,17H,15H2,1-7H3. The topological polar surface area (TPSA) is 82.5 Å². The summed E-state index contributed by atoms with van der Waals surface area (Å²) >= 11 is 0. The third kappa shape index (κ3) is 5.61. The second kappa shape index (κ2) is 10.2. The predicted molar refractivity (Wildman–Crippen MR) is 133 cm³/mol. The molecule has 8 nitrogen and oxygen atoms in total. The molecular weight excluding hydrogens is 438 g/mol. The number of aromatic nitrogens is 1. The molecule has 33 heavy (non-hydrogen) atoms. The van der Waals surface area contributed by atoms with Crippen LogP contribution in [0.4, 0.5) is 5.69 Å². The van der Waals surface area contributed by atoms with Crippen molar-refractivity contribution >= 4 is 36.8 Å². The average Bonchev–Trinajstić information content (AvgIpc) is 3.00. The number of esters is 1. The lowest BCUT2D eigenvalue weighted by Crippen LogP contribution is -2.38. The summed E-state index contributed by atoms with van der Waals surface area (Å²) in [5.74, 6) is 0.527. The molecule has 0 saturated carbocycles. The third-order valence-electron chi connectivity index (χ3n) is 5.52. The molecular formula is C24H31N3O5Si. The summed E-state index contributed by atoms with van der Waals surface area (Å²) in [4.78, 5) is 23.2. The second-order valence-corrected chi connectivity index (χ2v) is 14.3. The van der Waals surface area contributed by atoms with Gasteiger partial charge in [-0.1, -0.05) is 19.6 Å². The van der Waals surface area contributed by atoms with E-state index in [4.69, 9.17) is 18.9 Å². The number of ether oxygens (including phenoxy) is 4. The van der Waals surface area contributed by atoms with E-state index in [9.17, 15) is 4.79 Å². The summed E-state index contributed by atoms with van der Waals surface area (Å²) in [6.07, 6.45) is 7.15. The van der Waals surface area contributed by atoms with Gasteiger partial charge in [-0.15, -0.1) is 0 Å². The van der Waals surface area contributed by atoms with Crippen molar-refractivity contribution in [3.05, 3.63) is 48.1 Å². The maximum absolute atomic E-state index is 12.4. The quantitative estimate of drug-likeness (QED) is 0.308. The van der Waals surface area contributed by atoms with Crippen LogP contribution < -0.4 is 14.4 Å². The summed E-state index contributed by atoms with van der Waals surface area (Å²) in [5.41, 5.74) is 2.39. The molecule has 0 radical (unpaired) electrons. The number of methoxy groups -OCH3 is 2. The van der Waals surface area contributed by atoms with E-state index in [2.05, 4.69) is 36.5 Å². The van der Waals surface area contributed by atoms with Gasteiger partial charge in [0.15, 0.2) is 12.5 Å². The molecule has 1 aromatic carbocycles. The van der Waals surface area contributed by atoms with Gasteiger partial charge in [-0.3, -0.25) is 4.99 Å². The van der Waals surface area contributed by atoms with Gasteiger partial charge < -0.3 is 23.8 Å². The van der Waals surface area contributed by atoms with Crippen molar-refractivity contribution in [3.8, 4) is 11.5 Å². The first kappa shape index (κ1) is 24.5. The van der Waals surface area contributed by atoms with E-state index in [0.717, 1.165) is 5.70 Å². The maximum atomic E-state index is 12.4. The average molecular weight is 470 g/mol. The van der Waals surface area contributed by atoms with E-state index in [1.54, 1.807) is 25.6 Å². The normalized spacial score (nSPS) is 14.6. The number of hydrogen-bond donors (Lipinski definition) is 0.